The van der Waals surface area contributed by atoms with E-state index in [0.29, 0.717) is 17.9 Å². The van der Waals surface area contributed by atoms with E-state index in [-0.39, 0.29) is 12.1 Å². The Hall–Kier alpha value is -3.97. The standard InChI is InChI=1S/C30H25N3O/c1-18-28(20(17-31)13-14-32-18)19-7-6-8-21(15-19)33-26-11-4-2-9-22(26)24-16-25-23-10-3-5-12-27(23)34-30(25)29(24)33/h2-15,18,22,24,26,29,32H,16H2,1H3/t18?,22?,24-,26?,29?/m1/s1. The molecule has 1 saturated heterocycles. The van der Waals surface area contributed by atoms with Crippen LogP contribution in [0.25, 0.3) is 16.5 Å². The topological polar surface area (TPSA) is 52.2 Å². The van der Waals surface area contributed by atoms with Gasteiger partial charge < -0.3 is 14.6 Å². The van der Waals surface area contributed by atoms with Crippen LogP contribution in [0.4, 0.5) is 5.69 Å². The van der Waals surface area contributed by atoms with Crippen LogP contribution in [-0.2, 0) is 6.42 Å². The summed E-state index contributed by atoms with van der Waals surface area (Å²) in [6, 6.07) is 20.1. The maximum atomic E-state index is 9.75. The van der Waals surface area contributed by atoms with Gasteiger partial charge in [-0.2, -0.15) is 5.26 Å². The van der Waals surface area contributed by atoms with Gasteiger partial charge >= 0.3 is 0 Å². The monoisotopic (exact) mass is 443 g/mol. The zero-order valence-corrected chi connectivity index (χ0v) is 19.0. The fourth-order valence-corrected chi connectivity index (χ4v) is 6.61. The van der Waals surface area contributed by atoms with Crippen molar-refractivity contribution in [3.8, 4) is 6.07 Å². The van der Waals surface area contributed by atoms with E-state index >= 15 is 0 Å². The molecule has 0 amide bonds. The van der Waals surface area contributed by atoms with Gasteiger partial charge in [-0.15, -0.1) is 0 Å². The van der Waals surface area contributed by atoms with Gasteiger partial charge in [0.2, 0.25) is 0 Å². The van der Waals surface area contributed by atoms with Crippen molar-refractivity contribution in [1.82, 2.24) is 5.32 Å². The minimum absolute atomic E-state index is 0.0833. The fourth-order valence-electron chi connectivity index (χ4n) is 6.61. The number of benzene rings is 2. The van der Waals surface area contributed by atoms with Gasteiger partial charge in [0.15, 0.2) is 0 Å². The summed E-state index contributed by atoms with van der Waals surface area (Å²) in [6.45, 7) is 2.11. The molecule has 1 fully saturated rings. The first-order valence-corrected chi connectivity index (χ1v) is 12.1. The Balaban J connectivity index is 1.38. The molecule has 0 bridgehead atoms. The molecular weight excluding hydrogens is 418 g/mol. The molecule has 3 heterocycles. The van der Waals surface area contributed by atoms with Crippen LogP contribution in [0.5, 0.6) is 0 Å². The maximum Gasteiger partial charge on any atom is 0.134 e. The predicted octanol–water partition coefficient (Wildman–Crippen LogP) is 6.06. The van der Waals surface area contributed by atoms with Crippen LogP contribution in [0.1, 0.15) is 29.9 Å². The molecule has 1 aromatic heterocycles. The summed E-state index contributed by atoms with van der Waals surface area (Å²) in [4.78, 5) is 2.57. The molecule has 2 aliphatic carbocycles. The van der Waals surface area contributed by atoms with Gasteiger partial charge in [-0.3, -0.25) is 0 Å². The van der Waals surface area contributed by atoms with Crippen molar-refractivity contribution in [2.45, 2.75) is 31.5 Å². The van der Waals surface area contributed by atoms with E-state index in [1.165, 1.54) is 16.6 Å². The van der Waals surface area contributed by atoms with Crippen molar-refractivity contribution in [1.29, 1.82) is 5.26 Å². The number of hydrogen-bond acceptors (Lipinski definition) is 4. The van der Waals surface area contributed by atoms with Crippen LogP contribution in [0.3, 0.4) is 0 Å². The Morgan fingerprint density at radius 3 is 2.88 bits per heavy atom. The van der Waals surface area contributed by atoms with Gasteiger partial charge in [-0.05, 0) is 60.9 Å². The Kier molecular flexibility index (Phi) is 4.17. The SMILES string of the molecule is CC1NC=CC(C#N)=C1c1cccc(N2C3C=CC=CC3[C@H]3Cc4c(oc5ccccc45)C32)c1. The smallest absolute Gasteiger partial charge is 0.134 e. The second-order valence-corrected chi connectivity index (χ2v) is 9.71. The molecule has 34 heavy (non-hydrogen) atoms. The maximum absolute atomic E-state index is 9.75. The number of anilines is 1. The molecule has 4 unspecified atom stereocenters. The van der Waals surface area contributed by atoms with Crippen LogP contribution < -0.4 is 10.2 Å². The Morgan fingerprint density at radius 2 is 1.97 bits per heavy atom. The number of nitrogens with one attached hydrogen (secondary N) is 1. The van der Waals surface area contributed by atoms with Crippen LogP contribution >= 0.6 is 0 Å². The van der Waals surface area contributed by atoms with Gasteiger partial charge in [0.05, 0.1) is 23.7 Å². The van der Waals surface area contributed by atoms with Gasteiger partial charge in [-0.25, -0.2) is 0 Å². The first-order chi connectivity index (χ1) is 16.7. The number of para-hydroxylation sites is 1. The van der Waals surface area contributed by atoms with Crippen molar-refractivity contribution in [2.75, 3.05) is 4.90 Å². The van der Waals surface area contributed by atoms with Crippen molar-refractivity contribution in [2.24, 2.45) is 11.8 Å². The van der Waals surface area contributed by atoms with Gasteiger partial charge in [0.1, 0.15) is 11.3 Å². The Morgan fingerprint density at radius 1 is 1.09 bits per heavy atom. The van der Waals surface area contributed by atoms with Crippen LogP contribution in [0, 0.1) is 23.2 Å². The molecule has 2 aromatic carbocycles. The fraction of sp³-hybridized carbons (Fsp3) is 0.233. The second kappa shape index (κ2) is 7.27. The number of nitrogens with zero attached hydrogens (tertiary/aromatic N) is 2. The zero-order valence-electron chi connectivity index (χ0n) is 19.0. The lowest BCUT2D eigenvalue weighted by Gasteiger charge is -2.32. The molecule has 4 heteroatoms. The summed E-state index contributed by atoms with van der Waals surface area (Å²) in [7, 11) is 0. The van der Waals surface area contributed by atoms with Crippen molar-refractivity contribution in [3.63, 3.8) is 0 Å². The first-order valence-electron chi connectivity index (χ1n) is 12.1. The quantitative estimate of drug-likeness (QED) is 0.523. The average Bonchev–Trinajstić information content (AvgIpc) is 3.51. The third kappa shape index (κ3) is 2.64. The minimum Gasteiger partial charge on any atom is -0.459 e. The van der Waals surface area contributed by atoms with E-state index in [0.717, 1.165) is 34.5 Å². The number of fused-ring (bicyclic) bond motifs is 7. The number of furan rings is 1. The third-order valence-electron chi connectivity index (χ3n) is 8.00. The van der Waals surface area contributed by atoms with Crippen molar-refractivity contribution < 1.29 is 4.42 Å². The zero-order chi connectivity index (χ0) is 22.8. The largest absolute Gasteiger partial charge is 0.459 e. The highest BCUT2D eigenvalue weighted by molar-refractivity contribution is 5.84. The van der Waals surface area contributed by atoms with Gasteiger partial charge in [0.25, 0.3) is 0 Å². The van der Waals surface area contributed by atoms with Crippen LogP contribution in [0.2, 0.25) is 0 Å². The highest BCUT2D eigenvalue weighted by Gasteiger charge is 2.54. The molecule has 4 aliphatic rings. The number of nitriles is 1. The highest BCUT2D eigenvalue weighted by Crippen LogP contribution is 2.57. The third-order valence-corrected chi connectivity index (χ3v) is 8.00. The van der Waals surface area contributed by atoms with Crippen molar-refractivity contribution in [3.05, 3.63) is 108 Å². The average molecular weight is 444 g/mol. The molecular formula is C30H25N3O. The lowest BCUT2D eigenvalue weighted by Crippen LogP contribution is -2.33. The summed E-state index contributed by atoms with van der Waals surface area (Å²) in [5.41, 5.74) is 6.41. The van der Waals surface area contributed by atoms with E-state index in [1.54, 1.807) is 0 Å². The summed E-state index contributed by atoms with van der Waals surface area (Å²) >= 11 is 0. The summed E-state index contributed by atoms with van der Waals surface area (Å²) in [5.74, 6) is 2.06. The number of rotatable bonds is 2. The normalized spacial score (nSPS) is 28.6. The van der Waals surface area contributed by atoms with E-state index in [1.807, 2.05) is 18.3 Å². The molecule has 0 saturated carbocycles. The molecule has 166 valence electrons. The lowest BCUT2D eigenvalue weighted by molar-refractivity contribution is 0.410. The van der Waals surface area contributed by atoms with Gasteiger partial charge in [0, 0.05) is 28.6 Å². The van der Waals surface area contributed by atoms with Gasteiger partial charge in [-0.1, -0.05) is 54.6 Å². The predicted molar refractivity (Wildman–Crippen MR) is 135 cm³/mol. The van der Waals surface area contributed by atoms with E-state index in [4.69, 9.17) is 4.42 Å². The molecule has 5 atom stereocenters. The number of allylic oxidation sites excluding steroid dienone is 4. The molecule has 2 aliphatic heterocycles. The molecule has 4 nitrogen and oxygen atoms in total. The molecule has 1 N–H and O–H groups in total. The Bertz CT molecular complexity index is 1480. The molecule has 7 rings (SSSR count). The summed E-state index contributed by atoms with van der Waals surface area (Å²) in [5, 5.41) is 14.4. The minimum atomic E-state index is 0.0833. The van der Waals surface area contributed by atoms with E-state index in [2.05, 4.69) is 90.0 Å². The van der Waals surface area contributed by atoms with E-state index < -0.39 is 0 Å². The highest BCUT2D eigenvalue weighted by atomic mass is 16.3. The molecule has 3 aromatic rings. The van der Waals surface area contributed by atoms with Crippen LogP contribution in [0.15, 0.2) is 95.1 Å². The summed E-state index contributed by atoms with van der Waals surface area (Å²) < 4.78 is 6.52. The first kappa shape index (κ1) is 19.5. The molecule has 0 spiro atoms. The van der Waals surface area contributed by atoms with Crippen molar-refractivity contribution >= 4 is 22.2 Å². The molecule has 0 radical (unpaired) electrons. The number of dihydropyridines is 1. The summed E-state index contributed by atoms with van der Waals surface area (Å²) in [6.07, 6.45) is 13.9. The number of hydrogen-bond donors (Lipinski definition) is 1. The second-order valence-electron chi connectivity index (χ2n) is 9.71. The van der Waals surface area contributed by atoms with E-state index in [9.17, 15) is 5.26 Å². The Labute approximate surface area is 199 Å². The van der Waals surface area contributed by atoms with Crippen LogP contribution in [-0.4, -0.2) is 12.1 Å². The lowest BCUT2D eigenvalue weighted by atomic mass is 9.85.